The van der Waals surface area contributed by atoms with Gasteiger partial charge in [0.05, 0.1) is 17.2 Å². The molecule has 1 aliphatic rings. The van der Waals surface area contributed by atoms with Crippen LogP contribution in [0.5, 0.6) is 0 Å². The van der Waals surface area contributed by atoms with Crippen LogP contribution in [0.4, 0.5) is 0 Å². The Hall–Kier alpha value is -1.42. The van der Waals surface area contributed by atoms with Crippen LogP contribution in [0.2, 0.25) is 0 Å². The van der Waals surface area contributed by atoms with Gasteiger partial charge in [0.2, 0.25) is 0 Å². The predicted octanol–water partition coefficient (Wildman–Crippen LogP) is 2.24. The summed E-state index contributed by atoms with van der Waals surface area (Å²) in [6, 6.07) is 7.42. The number of aliphatic imine (C=N–C) groups is 1. The maximum atomic E-state index is 11.8. The van der Waals surface area contributed by atoms with Crippen molar-refractivity contribution in [2.24, 2.45) is 4.99 Å². The van der Waals surface area contributed by atoms with Crippen LogP contribution >= 0.6 is 11.8 Å². The number of ketones is 1. The van der Waals surface area contributed by atoms with E-state index < -0.39 is 0 Å². The van der Waals surface area contributed by atoms with Crippen molar-refractivity contribution in [2.75, 3.05) is 5.75 Å². The summed E-state index contributed by atoms with van der Waals surface area (Å²) in [4.78, 5) is 26.5. The summed E-state index contributed by atoms with van der Waals surface area (Å²) in [6.45, 7) is 1.98. The molecule has 0 spiro atoms. The van der Waals surface area contributed by atoms with Gasteiger partial charge in [-0.05, 0) is 6.92 Å². The van der Waals surface area contributed by atoms with Gasteiger partial charge >= 0.3 is 0 Å². The standard InChI is InChI=1S/C12H11NO2S/c1-8-2-4-9(5-3-8)10(14)6-12-13-11(15)7-16-12/h2-5H,6-7H2,1H3. The van der Waals surface area contributed by atoms with E-state index in [1.54, 1.807) is 12.1 Å². The van der Waals surface area contributed by atoms with E-state index in [1.165, 1.54) is 11.8 Å². The van der Waals surface area contributed by atoms with Crippen molar-refractivity contribution < 1.29 is 9.59 Å². The molecule has 16 heavy (non-hydrogen) atoms. The number of carbonyl (C=O) groups is 2. The van der Waals surface area contributed by atoms with Gasteiger partial charge in [0, 0.05) is 5.56 Å². The number of hydrogen-bond acceptors (Lipinski definition) is 3. The number of rotatable bonds is 3. The summed E-state index contributed by atoms with van der Waals surface area (Å²) in [7, 11) is 0. The molecule has 3 nitrogen and oxygen atoms in total. The molecule has 0 aromatic heterocycles. The van der Waals surface area contributed by atoms with E-state index in [0.29, 0.717) is 16.4 Å². The van der Waals surface area contributed by atoms with Crippen LogP contribution in [0.3, 0.4) is 0 Å². The largest absolute Gasteiger partial charge is 0.294 e. The Bertz CT molecular complexity index is 462. The highest BCUT2D eigenvalue weighted by Gasteiger charge is 2.18. The first-order valence-electron chi connectivity index (χ1n) is 4.98. The zero-order chi connectivity index (χ0) is 11.5. The molecule has 4 heteroatoms. The molecule has 0 atom stereocenters. The molecule has 2 rings (SSSR count). The second-order valence-electron chi connectivity index (χ2n) is 3.65. The SMILES string of the molecule is Cc1ccc(C(=O)CC2=NC(=O)CS2)cc1. The Morgan fingerprint density at radius 2 is 2.06 bits per heavy atom. The average Bonchev–Trinajstić information content (AvgIpc) is 2.65. The summed E-state index contributed by atoms with van der Waals surface area (Å²) >= 11 is 1.36. The van der Waals surface area contributed by atoms with Gasteiger partial charge in [-0.15, -0.1) is 11.8 Å². The van der Waals surface area contributed by atoms with Crippen LogP contribution in [-0.2, 0) is 4.79 Å². The molecule has 0 bridgehead atoms. The summed E-state index contributed by atoms with van der Waals surface area (Å²) in [6.07, 6.45) is 0.236. The molecule has 0 radical (unpaired) electrons. The van der Waals surface area contributed by atoms with Crippen LogP contribution in [0.25, 0.3) is 0 Å². The smallest absolute Gasteiger partial charge is 0.256 e. The maximum Gasteiger partial charge on any atom is 0.256 e. The number of hydrogen-bond donors (Lipinski definition) is 0. The van der Waals surface area contributed by atoms with Crippen LogP contribution in [0.15, 0.2) is 29.3 Å². The molecule has 0 saturated heterocycles. The highest BCUT2D eigenvalue weighted by molar-refractivity contribution is 8.15. The van der Waals surface area contributed by atoms with Crippen LogP contribution in [0, 0.1) is 6.92 Å². The summed E-state index contributed by atoms with van der Waals surface area (Å²) < 4.78 is 0. The van der Waals surface area contributed by atoms with E-state index in [4.69, 9.17) is 0 Å². The van der Waals surface area contributed by atoms with E-state index in [2.05, 4.69) is 4.99 Å². The molecule has 0 fully saturated rings. The Kier molecular flexibility index (Phi) is 3.19. The monoisotopic (exact) mass is 233 g/mol. The molecular formula is C12H11NO2S. The number of amides is 1. The fourth-order valence-corrected chi connectivity index (χ4v) is 2.17. The van der Waals surface area contributed by atoms with Crippen LogP contribution in [0.1, 0.15) is 22.3 Å². The van der Waals surface area contributed by atoms with Crippen molar-refractivity contribution in [3.63, 3.8) is 0 Å². The average molecular weight is 233 g/mol. The lowest BCUT2D eigenvalue weighted by Gasteiger charge is -2.00. The third-order valence-corrected chi connectivity index (χ3v) is 3.26. The Morgan fingerprint density at radius 3 is 2.62 bits per heavy atom. The molecule has 82 valence electrons. The van der Waals surface area contributed by atoms with E-state index >= 15 is 0 Å². The second-order valence-corrected chi connectivity index (χ2v) is 4.70. The number of aryl methyl sites for hydroxylation is 1. The van der Waals surface area contributed by atoms with Gasteiger partial charge in [0.1, 0.15) is 0 Å². The Morgan fingerprint density at radius 1 is 1.38 bits per heavy atom. The third kappa shape index (κ3) is 2.58. The normalized spacial score (nSPS) is 15.1. The topological polar surface area (TPSA) is 46.5 Å². The van der Waals surface area contributed by atoms with Crippen LogP contribution in [-0.4, -0.2) is 22.5 Å². The van der Waals surface area contributed by atoms with Gasteiger partial charge in [-0.3, -0.25) is 9.59 Å². The number of thioether (sulfide) groups is 1. The molecule has 0 unspecified atom stereocenters. The lowest BCUT2D eigenvalue weighted by Crippen LogP contribution is -2.04. The second kappa shape index (κ2) is 4.61. The van der Waals surface area contributed by atoms with Crippen molar-refractivity contribution in [3.8, 4) is 0 Å². The summed E-state index contributed by atoms with van der Waals surface area (Å²) in [5.41, 5.74) is 1.80. The quantitative estimate of drug-likeness (QED) is 0.752. The van der Waals surface area contributed by atoms with Gasteiger partial charge in [0.15, 0.2) is 5.78 Å². The van der Waals surface area contributed by atoms with E-state index in [-0.39, 0.29) is 18.1 Å². The fraction of sp³-hybridized carbons (Fsp3) is 0.250. The van der Waals surface area contributed by atoms with E-state index in [1.807, 2.05) is 19.1 Å². The molecule has 1 amide bonds. The lowest BCUT2D eigenvalue weighted by molar-refractivity contribution is -0.115. The molecule has 1 aromatic rings. The zero-order valence-corrected chi connectivity index (χ0v) is 9.71. The van der Waals surface area contributed by atoms with Crippen LogP contribution < -0.4 is 0 Å². The molecule has 0 aliphatic carbocycles. The highest BCUT2D eigenvalue weighted by Crippen LogP contribution is 2.18. The number of benzene rings is 1. The zero-order valence-electron chi connectivity index (χ0n) is 8.90. The first-order chi connectivity index (χ1) is 7.65. The Labute approximate surface area is 98.0 Å². The van der Waals surface area contributed by atoms with Crippen molar-refractivity contribution >= 4 is 28.5 Å². The lowest BCUT2D eigenvalue weighted by atomic mass is 10.1. The Balaban J connectivity index is 2.06. The van der Waals surface area contributed by atoms with E-state index in [0.717, 1.165) is 5.56 Å². The first kappa shape index (κ1) is 11.1. The van der Waals surface area contributed by atoms with Crippen molar-refractivity contribution in [1.29, 1.82) is 0 Å². The van der Waals surface area contributed by atoms with Gasteiger partial charge in [-0.1, -0.05) is 29.8 Å². The van der Waals surface area contributed by atoms with Crippen molar-refractivity contribution in [3.05, 3.63) is 35.4 Å². The minimum Gasteiger partial charge on any atom is -0.294 e. The minimum atomic E-state index is -0.142. The van der Waals surface area contributed by atoms with Gasteiger partial charge < -0.3 is 0 Å². The number of nitrogens with zero attached hydrogens (tertiary/aromatic N) is 1. The summed E-state index contributed by atoms with van der Waals surface area (Å²) in [5.74, 6) is 0.244. The number of Topliss-reactive ketones (excluding diaryl/α,β-unsaturated/α-hetero) is 1. The van der Waals surface area contributed by atoms with Crippen molar-refractivity contribution in [2.45, 2.75) is 13.3 Å². The first-order valence-corrected chi connectivity index (χ1v) is 5.97. The van der Waals surface area contributed by atoms with Gasteiger partial charge in [0.25, 0.3) is 5.91 Å². The predicted molar refractivity (Wildman–Crippen MR) is 65.0 cm³/mol. The molecule has 1 heterocycles. The molecular weight excluding hydrogens is 222 g/mol. The van der Waals surface area contributed by atoms with Gasteiger partial charge in [-0.25, -0.2) is 4.99 Å². The van der Waals surface area contributed by atoms with Gasteiger partial charge in [-0.2, -0.15) is 0 Å². The maximum absolute atomic E-state index is 11.8. The molecule has 1 aromatic carbocycles. The highest BCUT2D eigenvalue weighted by atomic mass is 32.2. The van der Waals surface area contributed by atoms with Crippen molar-refractivity contribution in [1.82, 2.24) is 0 Å². The van der Waals surface area contributed by atoms with E-state index in [9.17, 15) is 9.59 Å². The summed E-state index contributed by atoms with van der Waals surface area (Å²) in [5, 5.41) is 0.635. The fourth-order valence-electron chi connectivity index (χ4n) is 1.42. The minimum absolute atomic E-state index is 0.0148. The third-order valence-electron chi connectivity index (χ3n) is 2.30. The molecule has 1 aliphatic heterocycles. The molecule has 0 saturated carbocycles. The molecule has 0 N–H and O–H groups in total. The number of carbonyl (C=O) groups excluding carboxylic acids is 2.